The molecular formula is C21H19N5O. The molecule has 6 heteroatoms. The smallest absolute Gasteiger partial charge is 0.271 e. The average molecular weight is 357 g/mol. The van der Waals surface area contributed by atoms with E-state index in [1.54, 1.807) is 24.3 Å². The SMILES string of the molecule is N#Cc1ccc(Nc2cnc(C(=O)NCCCc3ccccc3)cn2)cc1. The highest BCUT2D eigenvalue weighted by atomic mass is 16.1. The normalized spacial score (nSPS) is 10.0. The molecule has 0 spiro atoms. The molecule has 0 aliphatic rings. The Hall–Kier alpha value is -3.72. The lowest BCUT2D eigenvalue weighted by molar-refractivity contribution is 0.0948. The van der Waals surface area contributed by atoms with E-state index in [0.717, 1.165) is 18.5 Å². The summed E-state index contributed by atoms with van der Waals surface area (Å²) >= 11 is 0. The zero-order valence-electron chi connectivity index (χ0n) is 14.7. The number of hydrogen-bond donors (Lipinski definition) is 2. The Bertz CT molecular complexity index is 916. The molecular weight excluding hydrogens is 338 g/mol. The molecule has 2 N–H and O–H groups in total. The summed E-state index contributed by atoms with van der Waals surface area (Å²) < 4.78 is 0. The van der Waals surface area contributed by atoms with Crippen molar-refractivity contribution in [2.24, 2.45) is 0 Å². The molecule has 0 aliphatic carbocycles. The molecule has 3 aromatic rings. The predicted octanol–water partition coefficient (Wildman–Crippen LogP) is 3.45. The summed E-state index contributed by atoms with van der Waals surface area (Å²) in [5.41, 5.74) is 2.91. The summed E-state index contributed by atoms with van der Waals surface area (Å²) in [5.74, 6) is 0.292. The quantitative estimate of drug-likeness (QED) is 0.632. The molecule has 0 saturated heterocycles. The van der Waals surface area contributed by atoms with Crippen molar-refractivity contribution in [1.82, 2.24) is 15.3 Å². The summed E-state index contributed by atoms with van der Waals surface area (Å²) in [6, 6.07) is 19.2. The predicted molar refractivity (Wildman–Crippen MR) is 104 cm³/mol. The number of carbonyl (C=O) groups is 1. The van der Waals surface area contributed by atoms with E-state index < -0.39 is 0 Å². The Labute approximate surface area is 157 Å². The monoisotopic (exact) mass is 357 g/mol. The van der Waals surface area contributed by atoms with Crippen LogP contribution in [0.3, 0.4) is 0 Å². The zero-order chi connectivity index (χ0) is 18.9. The van der Waals surface area contributed by atoms with Gasteiger partial charge in [0.2, 0.25) is 0 Å². The van der Waals surface area contributed by atoms with Crippen LogP contribution < -0.4 is 10.6 Å². The molecule has 6 nitrogen and oxygen atoms in total. The fourth-order valence-corrected chi connectivity index (χ4v) is 2.52. The fourth-order valence-electron chi connectivity index (χ4n) is 2.52. The molecule has 1 aromatic heterocycles. The molecule has 134 valence electrons. The summed E-state index contributed by atoms with van der Waals surface area (Å²) in [4.78, 5) is 20.5. The number of aromatic nitrogens is 2. The Kier molecular flexibility index (Phi) is 6.10. The maximum atomic E-state index is 12.1. The van der Waals surface area contributed by atoms with Crippen LogP contribution in [0.25, 0.3) is 0 Å². The zero-order valence-corrected chi connectivity index (χ0v) is 14.7. The van der Waals surface area contributed by atoms with Gasteiger partial charge in [-0.2, -0.15) is 5.26 Å². The summed E-state index contributed by atoms with van der Waals surface area (Å²) in [6.45, 7) is 0.584. The third kappa shape index (κ3) is 5.38. The molecule has 0 saturated carbocycles. The van der Waals surface area contributed by atoms with Crippen molar-refractivity contribution >= 4 is 17.4 Å². The number of nitriles is 1. The third-order valence-corrected chi connectivity index (χ3v) is 3.94. The number of benzene rings is 2. The Morgan fingerprint density at radius 1 is 1.00 bits per heavy atom. The van der Waals surface area contributed by atoms with Crippen LogP contribution in [0.2, 0.25) is 0 Å². The lowest BCUT2D eigenvalue weighted by atomic mass is 10.1. The van der Waals surface area contributed by atoms with E-state index >= 15 is 0 Å². The van der Waals surface area contributed by atoms with E-state index in [2.05, 4.69) is 38.8 Å². The van der Waals surface area contributed by atoms with Crippen LogP contribution >= 0.6 is 0 Å². The third-order valence-electron chi connectivity index (χ3n) is 3.94. The molecule has 1 heterocycles. The molecule has 0 bridgehead atoms. The number of nitrogens with zero attached hydrogens (tertiary/aromatic N) is 3. The van der Waals surface area contributed by atoms with Crippen molar-refractivity contribution < 1.29 is 4.79 Å². The van der Waals surface area contributed by atoms with E-state index in [1.165, 1.54) is 18.0 Å². The first-order valence-corrected chi connectivity index (χ1v) is 8.66. The molecule has 0 aliphatic heterocycles. The highest BCUT2D eigenvalue weighted by molar-refractivity contribution is 5.92. The van der Waals surface area contributed by atoms with E-state index in [-0.39, 0.29) is 11.6 Å². The number of hydrogen-bond acceptors (Lipinski definition) is 5. The molecule has 0 unspecified atom stereocenters. The summed E-state index contributed by atoms with van der Waals surface area (Å²) in [7, 11) is 0. The average Bonchev–Trinajstić information content (AvgIpc) is 2.73. The highest BCUT2D eigenvalue weighted by Crippen LogP contribution is 2.14. The minimum Gasteiger partial charge on any atom is -0.351 e. The number of carbonyl (C=O) groups excluding carboxylic acids is 1. The van der Waals surface area contributed by atoms with Crippen molar-refractivity contribution in [3.8, 4) is 6.07 Å². The van der Waals surface area contributed by atoms with Gasteiger partial charge >= 0.3 is 0 Å². The number of amides is 1. The standard InChI is InChI=1S/C21H19N5O/c22-13-17-8-10-18(11-9-17)26-20-15-24-19(14-25-20)21(27)23-12-4-7-16-5-2-1-3-6-16/h1-3,5-6,8-11,14-15H,4,7,12H2,(H,23,27)(H,25,26). The van der Waals surface area contributed by atoms with Gasteiger partial charge in [-0.1, -0.05) is 30.3 Å². The van der Waals surface area contributed by atoms with Crippen LogP contribution in [0.5, 0.6) is 0 Å². The minimum absolute atomic E-state index is 0.236. The molecule has 27 heavy (non-hydrogen) atoms. The van der Waals surface area contributed by atoms with Gasteiger partial charge < -0.3 is 10.6 Å². The molecule has 0 fully saturated rings. The lowest BCUT2D eigenvalue weighted by Crippen LogP contribution is -2.25. The largest absolute Gasteiger partial charge is 0.351 e. The molecule has 1 amide bonds. The minimum atomic E-state index is -0.236. The number of anilines is 2. The highest BCUT2D eigenvalue weighted by Gasteiger charge is 2.07. The van der Waals surface area contributed by atoms with Gasteiger partial charge in [0.05, 0.1) is 24.0 Å². The second-order valence-corrected chi connectivity index (χ2v) is 5.95. The van der Waals surface area contributed by atoms with Crippen LogP contribution in [0.15, 0.2) is 67.0 Å². The maximum absolute atomic E-state index is 12.1. The summed E-state index contributed by atoms with van der Waals surface area (Å²) in [5, 5.41) is 14.7. The fraction of sp³-hybridized carbons (Fsp3) is 0.143. The van der Waals surface area contributed by atoms with Crippen LogP contribution in [-0.2, 0) is 6.42 Å². The van der Waals surface area contributed by atoms with Crippen LogP contribution in [0.1, 0.15) is 28.0 Å². The van der Waals surface area contributed by atoms with Crippen molar-refractivity contribution in [1.29, 1.82) is 5.26 Å². The second kappa shape index (κ2) is 9.11. The Balaban J connectivity index is 1.47. The first kappa shape index (κ1) is 18.1. The van der Waals surface area contributed by atoms with E-state index in [1.807, 2.05) is 18.2 Å². The van der Waals surface area contributed by atoms with Gasteiger partial charge in [-0.3, -0.25) is 4.79 Å². The van der Waals surface area contributed by atoms with Gasteiger partial charge in [-0.15, -0.1) is 0 Å². The second-order valence-electron chi connectivity index (χ2n) is 5.95. The first-order chi connectivity index (χ1) is 13.2. The number of aryl methyl sites for hydroxylation is 1. The van der Waals surface area contributed by atoms with E-state index in [0.29, 0.717) is 17.9 Å². The van der Waals surface area contributed by atoms with Crippen LogP contribution in [0, 0.1) is 11.3 Å². The topological polar surface area (TPSA) is 90.7 Å². The van der Waals surface area contributed by atoms with E-state index in [4.69, 9.17) is 5.26 Å². The molecule has 3 rings (SSSR count). The van der Waals surface area contributed by atoms with Crippen molar-refractivity contribution in [3.63, 3.8) is 0 Å². The molecule has 0 atom stereocenters. The van der Waals surface area contributed by atoms with E-state index in [9.17, 15) is 4.79 Å². The summed E-state index contributed by atoms with van der Waals surface area (Å²) in [6.07, 6.45) is 4.73. The van der Waals surface area contributed by atoms with Gasteiger partial charge in [0.25, 0.3) is 5.91 Å². The van der Waals surface area contributed by atoms with Gasteiger partial charge in [0, 0.05) is 12.2 Å². The first-order valence-electron chi connectivity index (χ1n) is 8.66. The van der Waals surface area contributed by atoms with Crippen molar-refractivity contribution in [3.05, 3.63) is 83.8 Å². The van der Waals surface area contributed by atoms with Gasteiger partial charge in [-0.05, 0) is 42.7 Å². The lowest BCUT2D eigenvalue weighted by Gasteiger charge is -2.07. The molecule has 2 aromatic carbocycles. The van der Waals surface area contributed by atoms with Crippen molar-refractivity contribution in [2.45, 2.75) is 12.8 Å². The van der Waals surface area contributed by atoms with Gasteiger partial charge in [-0.25, -0.2) is 9.97 Å². The van der Waals surface area contributed by atoms with Gasteiger partial charge in [0.1, 0.15) is 11.5 Å². The molecule has 0 radical (unpaired) electrons. The van der Waals surface area contributed by atoms with Crippen LogP contribution in [-0.4, -0.2) is 22.4 Å². The Morgan fingerprint density at radius 3 is 2.44 bits per heavy atom. The van der Waals surface area contributed by atoms with Crippen molar-refractivity contribution in [2.75, 3.05) is 11.9 Å². The number of nitrogens with one attached hydrogen (secondary N) is 2. The maximum Gasteiger partial charge on any atom is 0.271 e. The Morgan fingerprint density at radius 2 is 1.78 bits per heavy atom. The van der Waals surface area contributed by atoms with Gasteiger partial charge in [0.15, 0.2) is 0 Å². The number of rotatable bonds is 7. The van der Waals surface area contributed by atoms with Crippen LogP contribution in [0.4, 0.5) is 11.5 Å².